The summed E-state index contributed by atoms with van der Waals surface area (Å²) >= 11 is 0. The number of amides is 1. The lowest BCUT2D eigenvalue weighted by atomic mass is 9.87. The van der Waals surface area contributed by atoms with Crippen LogP contribution < -0.4 is 14.5 Å². The summed E-state index contributed by atoms with van der Waals surface area (Å²) in [4.78, 5) is 28.7. The van der Waals surface area contributed by atoms with Crippen molar-refractivity contribution in [2.24, 2.45) is 11.0 Å². The molecule has 198 valence electrons. The number of hydrogen-bond acceptors (Lipinski definition) is 7. The molecule has 1 aliphatic heterocycles. The van der Waals surface area contributed by atoms with Crippen molar-refractivity contribution in [3.05, 3.63) is 53.6 Å². The van der Waals surface area contributed by atoms with Crippen molar-refractivity contribution in [2.45, 2.75) is 71.1 Å². The average Bonchev–Trinajstić information content (AvgIpc) is 3.45. The van der Waals surface area contributed by atoms with E-state index in [9.17, 15) is 9.59 Å². The highest BCUT2D eigenvalue weighted by Gasteiger charge is 2.31. The molecule has 4 rings (SSSR count). The number of carbonyl (C=O) groups excluding carboxylic acids is 2. The number of carbonyl (C=O) groups is 2. The molecular formula is C29H37N3O5. The Labute approximate surface area is 219 Å². The van der Waals surface area contributed by atoms with Gasteiger partial charge in [0.05, 0.1) is 37.8 Å². The highest BCUT2D eigenvalue weighted by molar-refractivity contribution is 6.03. The number of hydrogen-bond donors (Lipinski definition) is 0. The number of benzene rings is 2. The molecule has 8 nitrogen and oxygen atoms in total. The predicted octanol–water partition coefficient (Wildman–Crippen LogP) is 5.13. The molecule has 0 spiro atoms. The SMILES string of the molecule is CCON(C=O)c1ccc(CN2N=C(c3ccc(OC)c(OC4CCCC4)c3)C(CC)CC2C=O)cc1. The molecule has 1 heterocycles. The van der Waals surface area contributed by atoms with Gasteiger partial charge >= 0.3 is 0 Å². The third kappa shape index (κ3) is 6.31. The Kier molecular flexibility index (Phi) is 9.17. The van der Waals surface area contributed by atoms with E-state index in [1.165, 1.54) is 17.9 Å². The molecule has 37 heavy (non-hydrogen) atoms. The molecule has 2 aliphatic rings. The number of aldehydes is 1. The number of ether oxygens (including phenoxy) is 2. The first-order valence-electron chi connectivity index (χ1n) is 13.2. The van der Waals surface area contributed by atoms with Crippen molar-refractivity contribution in [3.8, 4) is 11.5 Å². The molecule has 1 amide bonds. The van der Waals surface area contributed by atoms with Crippen LogP contribution in [0.5, 0.6) is 11.5 Å². The summed E-state index contributed by atoms with van der Waals surface area (Å²) in [5.41, 5.74) is 3.58. The molecule has 1 aliphatic carbocycles. The van der Waals surface area contributed by atoms with Gasteiger partial charge in [0.1, 0.15) is 12.3 Å². The Morgan fingerprint density at radius 1 is 1.05 bits per heavy atom. The van der Waals surface area contributed by atoms with E-state index < -0.39 is 0 Å². The summed E-state index contributed by atoms with van der Waals surface area (Å²) in [7, 11) is 1.66. The maximum Gasteiger partial charge on any atom is 0.238 e. The van der Waals surface area contributed by atoms with Gasteiger partial charge < -0.3 is 14.3 Å². The molecule has 0 N–H and O–H groups in total. The van der Waals surface area contributed by atoms with Crippen LogP contribution in [-0.2, 0) is 21.0 Å². The van der Waals surface area contributed by atoms with E-state index in [0.717, 1.165) is 53.9 Å². The van der Waals surface area contributed by atoms with Crippen molar-refractivity contribution in [1.82, 2.24) is 5.01 Å². The highest BCUT2D eigenvalue weighted by Crippen LogP contribution is 2.35. The third-order valence-corrected chi connectivity index (χ3v) is 7.14. The number of hydrazone groups is 1. The molecule has 8 heteroatoms. The predicted molar refractivity (Wildman–Crippen MR) is 143 cm³/mol. The summed E-state index contributed by atoms with van der Waals surface area (Å²) in [6.07, 6.45) is 7.95. The smallest absolute Gasteiger partial charge is 0.238 e. The second-order valence-electron chi connectivity index (χ2n) is 9.53. The van der Waals surface area contributed by atoms with Crippen LogP contribution in [0, 0.1) is 5.92 Å². The Balaban J connectivity index is 1.60. The lowest BCUT2D eigenvalue weighted by molar-refractivity contribution is -0.114. The summed E-state index contributed by atoms with van der Waals surface area (Å²) in [5, 5.41) is 8.09. The van der Waals surface area contributed by atoms with Gasteiger partial charge in [-0.1, -0.05) is 19.1 Å². The monoisotopic (exact) mass is 507 g/mol. The molecule has 0 radical (unpaired) electrons. The minimum absolute atomic E-state index is 0.161. The number of anilines is 1. The summed E-state index contributed by atoms with van der Waals surface area (Å²) in [6.45, 7) is 4.82. The van der Waals surface area contributed by atoms with E-state index in [0.29, 0.717) is 31.7 Å². The van der Waals surface area contributed by atoms with Gasteiger partial charge in [0.2, 0.25) is 6.41 Å². The van der Waals surface area contributed by atoms with Crippen LogP contribution in [0.4, 0.5) is 5.69 Å². The molecular weight excluding hydrogens is 470 g/mol. The summed E-state index contributed by atoms with van der Waals surface area (Å²) in [6, 6.07) is 13.2. The van der Waals surface area contributed by atoms with Gasteiger partial charge in [-0.3, -0.25) is 14.6 Å². The zero-order valence-corrected chi connectivity index (χ0v) is 22.0. The van der Waals surface area contributed by atoms with Crippen LogP contribution in [-0.4, -0.2) is 49.3 Å². The number of methoxy groups -OCH3 is 1. The van der Waals surface area contributed by atoms with Crippen LogP contribution in [0.1, 0.15) is 63.5 Å². The lowest BCUT2D eigenvalue weighted by Crippen LogP contribution is -2.41. The second kappa shape index (κ2) is 12.7. The summed E-state index contributed by atoms with van der Waals surface area (Å²) < 4.78 is 11.9. The summed E-state index contributed by atoms with van der Waals surface area (Å²) in [5.74, 6) is 1.63. The minimum atomic E-state index is -0.310. The van der Waals surface area contributed by atoms with Crippen LogP contribution in [0.25, 0.3) is 0 Å². The Morgan fingerprint density at radius 3 is 2.43 bits per heavy atom. The molecule has 0 bridgehead atoms. The van der Waals surface area contributed by atoms with Crippen LogP contribution in [0.2, 0.25) is 0 Å². The molecule has 1 saturated carbocycles. The largest absolute Gasteiger partial charge is 0.493 e. The van der Waals surface area contributed by atoms with Gasteiger partial charge in [-0.15, -0.1) is 0 Å². The van der Waals surface area contributed by atoms with E-state index in [2.05, 4.69) is 6.92 Å². The average molecular weight is 508 g/mol. The van der Waals surface area contributed by atoms with E-state index in [4.69, 9.17) is 19.4 Å². The molecule has 0 saturated heterocycles. The first-order valence-corrected chi connectivity index (χ1v) is 13.2. The lowest BCUT2D eigenvalue weighted by Gasteiger charge is -2.35. The maximum absolute atomic E-state index is 12.0. The van der Waals surface area contributed by atoms with Gasteiger partial charge in [0.15, 0.2) is 11.5 Å². The van der Waals surface area contributed by atoms with Crippen LogP contribution in [0.3, 0.4) is 0 Å². The highest BCUT2D eigenvalue weighted by atomic mass is 16.7. The minimum Gasteiger partial charge on any atom is -0.493 e. The first kappa shape index (κ1) is 26.7. The van der Waals surface area contributed by atoms with Crippen LogP contribution >= 0.6 is 0 Å². The second-order valence-corrected chi connectivity index (χ2v) is 9.53. The first-order chi connectivity index (χ1) is 18.1. The standard InChI is InChI=1S/C29H37N3O5/c1-4-22-16-25(19-33)31(18-21-10-13-24(14-11-21)32(20-34)36-5-2)30-29(22)23-12-15-27(35-3)28(17-23)37-26-8-6-7-9-26/h10-15,17,19-20,22,25-26H,4-9,16,18H2,1-3H3. The topological polar surface area (TPSA) is 80.7 Å². The zero-order chi connectivity index (χ0) is 26.2. The van der Waals surface area contributed by atoms with E-state index >= 15 is 0 Å². The van der Waals surface area contributed by atoms with Gasteiger partial charge in [0, 0.05) is 11.5 Å². The molecule has 1 fully saturated rings. The van der Waals surface area contributed by atoms with E-state index in [-0.39, 0.29) is 18.1 Å². The molecule has 2 aromatic rings. The van der Waals surface area contributed by atoms with Gasteiger partial charge in [0.25, 0.3) is 0 Å². The molecule has 2 unspecified atom stereocenters. The maximum atomic E-state index is 12.0. The van der Waals surface area contributed by atoms with Crippen LogP contribution in [0.15, 0.2) is 47.6 Å². The fraction of sp³-hybridized carbons (Fsp3) is 0.483. The Bertz CT molecular complexity index is 1080. The van der Waals surface area contributed by atoms with Gasteiger partial charge in [-0.25, -0.2) is 0 Å². The quantitative estimate of drug-likeness (QED) is 0.293. The zero-order valence-electron chi connectivity index (χ0n) is 22.0. The fourth-order valence-corrected chi connectivity index (χ4v) is 5.11. The molecule has 2 atom stereocenters. The van der Waals surface area contributed by atoms with E-state index in [1.807, 2.05) is 54.4 Å². The van der Waals surface area contributed by atoms with Gasteiger partial charge in [-0.05, 0) is 81.3 Å². The van der Waals surface area contributed by atoms with Crippen molar-refractivity contribution in [1.29, 1.82) is 0 Å². The molecule has 0 aromatic heterocycles. The number of rotatable bonds is 12. The van der Waals surface area contributed by atoms with Crippen molar-refractivity contribution < 1.29 is 23.9 Å². The number of nitrogens with zero attached hydrogens (tertiary/aromatic N) is 3. The van der Waals surface area contributed by atoms with Crippen molar-refractivity contribution >= 4 is 24.1 Å². The number of hydroxylamine groups is 1. The van der Waals surface area contributed by atoms with Crippen molar-refractivity contribution in [2.75, 3.05) is 18.8 Å². The molecule has 2 aromatic carbocycles. The van der Waals surface area contributed by atoms with Crippen molar-refractivity contribution in [3.63, 3.8) is 0 Å². The van der Waals surface area contributed by atoms with Gasteiger partial charge in [-0.2, -0.15) is 10.2 Å². The Morgan fingerprint density at radius 2 is 1.81 bits per heavy atom. The fourth-order valence-electron chi connectivity index (χ4n) is 5.11. The third-order valence-electron chi connectivity index (χ3n) is 7.14. The van der Waals surface area contributed by atoms with E-state index in [1.54, 1.807) is 7.11 Å². The normalized spacial score (nSPS) is 19.9. The Hall–Kier alpha value is -3.39.